The number of para-hydroxylation sites is 1. The lowest BCUT2D eigenvalue weighted by atomic mass is 10.1. The van der Waals surface area contributed by atoms with Gasteiger partial charge in [0.25, 0.3) is 5.91 Å². The molecule has 0 bridgehead atoms. The van der Waals surface area contributed by atoms with Crippen molar-refractivity contribution in [2.75, 3.05) is 13.2 Å². The van der Waals surface area contributed by atoms with Gasteiger partial charge in [-0.05, 0) is 45.7 Å². The molecular formula is C17H24N2O2. The van der Waals surface area contributed by atoms with E-state index in [4.69, 9.17) is 4.74 Å². The molecule has 1 aromatic heterocycles. The summed E-state index contributed by atoms with van der Waals surface area (Å²) in [6.45, 7) is 9.41. The highest BCUT2D eigenvalue weighted by Gasteiger charge is 2.13. The van der Waals surface area contributed by atoms with E-state index in [9.17, 15) is 4.79 Å². The summed E-state index contributed by atoms with van der Waals surface area (Å²) in [6.07, 6.45) is 1.06. The quantitative estimate of drug-likeness (QED) is 0.801. The van der Waals surface area contributed by atoms with Gasteiger partial charge in [-0.2, -0.15) is 0 Å². The van der Waals surface area contributed by atoms with Crippen LogP contribution >= 0.6 is 0 Å². The summed E-state index contributed by atoms with van der Waals surface area (Å²) in [5.41, 5.74) is 3.93. The third-order valence-corrected chi connectivity index (χ3v) is 3.65. The standard InChI is InChI=1S/C17H24N2O2/c1-11(2)21-10-6-9-18-17(20)15-8-5-7-14-12(3)13(4)19-16(14)15/h5,7-8,11,19H,6,9-10H2,1-4H3,(H,18,20). The van der Waals surface area contributed by atoms with Crippen LogP contribution in [0.1, 0.15) is 41.9 Å². The molecule has 0 aliphatic rings. The van der Waals surface area contributed by atoms with Gasteiger partial charge in [-0.25, -0.2) is 0 Å². The number of nitrogens with one attached hydrogen (secondary N) is 2. The average Bonchev–Trinajstić information content (AvgIpc) is 2.73. The van der Waals surface area contributed by atoms with Crippen molar-refractivity contribution in [1.29, 1.82) is 0 Å². The monoisotopic (exact) mass is 288 g/mol. The number of carbonyl (C=O) groups is 1. The van der Waals surface area contributed by atoms with Crippen molar-refractivity contribution in [3.8, 4) is 0 Å². The van der Waals surface area contributed by atoms with Crippen LogP contribution in [0.3, 0.4) is 0 Å². The Balaban J connectivity index is 2.01. The molecule has 2 aromatic rings. The summed E-state index contributed by atoms with van der Waals surface area (Å²) < 4.78 is 5.46. The molecule has 1 heterocycles. The number of hydrogen-bond donors (Lipinski definition) is 2. The molecule has 4 heteroatoms. The maximum Gasteiger partial charge on any atom is 0.253 e. The van der Waals surface area contributed by atoms with Crippen LogP contribution in [0.2, 0.25) is 0 Å². The number of H-pyrrole nitrogens is 1. The molecule has 2 N–H and O–H groups in total. The Morgan fingerprint density at radius 1 is 1.33 bits per heavy atom. The lowest BCUT2D eigenvalue weighted by Gasteiger charge is -2.09. The molecule has 0 spiro atoms. The van der Waals surface area contributed by atoms with Gasteiger partial charge in [-0.3, -0.25) is 4.79 Å². The molecule has 1 aromatic carbocycles. The predicted molar refractivity (Wildman–Crippen MR) is 85.8 cm³/mol. The number of hydrogen-bond acceptors (Lipinski definition) is 2. The van der Waals surface area contributed by atoms with E-state index in [1.165, 1.54) is 5.56 Å². The molecule has 0 aliphatic heterocycles. The number of fused-ring (bicyclic) bond motifs is 1. The lowest BCUT2D eigenvalue weighted by molar-refractivity contribution is 0.0757. The maximum absolute atomic E-state index is 12.3. The van der Waals surface area contributed by atoms with Gasteiger partial charge in [0, 0.05) is 24.2 Å². The number of aromatic amines is 1. The highest BCUT2D eigenvalue weighted by atomic mass is 16.5. The SMILES string of the molecule is Cc1[nH]c2c(C(=O)NCCCOC(C)C)cccc2c1C. The van der Waals surface area contributed by atoms with E-state index >= 15 is 0 Å². The highest BCUT2D eigenvalue weighted by molar-refractivity contribution is 6.06. The molecule has 0 radical (unpaired) electrons. The van der Waals surface area contributed by atoms with Crippen molar-refractivity contribution < 1.29 is 9.53 Å². The zero-order valence-corrected chi connectivity index (χ0v) is 13.2. The molecule has 0 fully saturated rings. The third kappa shape index (κ3) is 3.64. The van der Waals surface area contributed by atoms with Gasteiger partial charge in [-0.1, -0.05) is 12.1 Å². The van der Waals surface area contributed by atoms with E-state index in [1.54, 1.807) is 0 Å². The minimum Gasteiger partial charge on any atom is -0.379 e. The second-order valence-electron chi connectivity index (χ2n) is 5.63. The second-order valence-corrected chi connectivity index (χ2v) is 5.63. The van der Waals surface area contributed by atoms with E-state index in [1.807, 2.05) is 39.0 Å². The summed E-state index contributed by atoms with van der Waals surface area (Å²) in [5.74, 6) is -0.0357. The first-order valence-electron chi connectivity index (χ1n) is 7.48. The first-order valence-corrected chi connectivity index (χ1v) is 7.48. The topological polar surface area (TPSA) is 54.1 Å². The van der Waals surface area contributed by atoms with Crippen LogP contribution in [0.4, 0.5) is 0 Å². The van der Waals surface area contributed by atoms with E-state index in [2.05, 4.69) is 17.2 Å². The Hall–Kier alpha value is -1.81. The van der Waals surface area contributed by atoms with Crippen molar-refractivity contribution in [3.63, 3.8) is 0 Å². The molecule has 1 amide bonds. The Kier molecular flexibility index (Phi) is 5.02. The van der Waals surface area contributed by atoms with Gasteiger partial charge >= 0.3 is 0 Å². The van der Waals surface area contributed by atoms with E-state index in [0.29, 0.717) is 18.7 Å². The second kappa shape index (κ2) is 6.76. The maximum atomic E-state index is 12.3. The Morgan fingerprint density at radius 3 is 2.81 bits per heavy atom. The Labute approximate surface area is 125 Å². The van der Waals surface area contributed by atoms with Crippen LogP contribution in [0, 0.1) is 13.8 Å². The fourth-order valence-electron chi connectivity index (χ4n) is 2.36. The lowest BCUT2D eigenvalue weighted by Crippen LogP contribution is -2.25. The summed E-state index contributed by atoms with van der Waals surface area (Å²) in [7, 11) is 0. The number of benzene rings is 1. The van der Waals surface area contributed by atoms with Gasteiger partial charge in [0.15, 0.2) is 0 Å². The van der Waals surface area contributed by atoms with Crippen LogP contribution in [0.15, 0.2) is 18.2 Å². The number of aromatic nitrogens is 1. The number of rotatable bonds is 6. The van der Waals surface area contributed by atoms with Gasteiger partial charge in [0.05, 0.1) is 17.2 Å². The summed E-state index contributed by atoms with van der Waals surface area (Å²) in [4.78, 5) is 15.6. The van der Waals surface area contributed by atoms with Crippen LogP contribution in [-0.4, -0.2) is 30.1 Å². The zero-order valence-electron chi connectivity index (χ0n) is 13.2. The van der Waals surface area contributed by atoms with Crippen LogP contribution in [-0.2, 0) is 4.74 Å². The van der Waals surface area contributed by atoms with Crippen molar-refractivity contribution in [2.24, 2.45) is 0 Å². The summed E-state index contributed by atoms with van der Waals surface area (Å²) >= 11 is 0. The van der Waals surface area contributed by atoms with Gasteiger partial charge in [0.1, 0.15) is 0 Å². The molecule has 0 saturated carbocycles. The molecule has 21 heavy (non-hydrogen) atoms. The van der Waals surface area contributed by atoms with Crippen molar-refractivity contribution >= 4 is 16.8 Å². The minimum atomic E-state index is -0.0357. The Morgan fingerprint density at radius 2 is 2.10 bits per heavy atom. The van der Waals surface area contributed by atoms with Crippen LogP contribution in [0.5, 0.6) is 0 Å². The van der Waals surface area contributed by atoms with Crippen molar-refractivity contribution in [2.45, 2.75) is 40.2 Å². The molecule has 0 unspecified atom stereocenters. The number of aryl methyl sites for hydroxylation is 2. The number of ether oxygens (including phenoxy) is 1. The molecule has 4 nitrogen and oxygen atoms in total. The molecule has 2 rings (SSSR count). The zero-order chi connectivity index (χ0) is 15.4. The minimum absolute atomic E-state index is 0.0357. The summed E-state index contributed by atoms with van der Waals surface area (Å²) in [5, 5.41) is 4.07. The van der Waals surface area contributed by atoms with E-state index in [0.717, 1.165) is 23.0 Å². The first kappa shape index (κ1) is 15.6. The average molecular weight is 288 g/mol. The molecular weight excluding hydrogens is 264 g/mol. The van der Waals surface area contributed by atoms with Crippen LogP contribution < -0.4 is 5.32 Å². The Bertz CT molecular complexity index is 629. The first-order chi connectivity index (χ1) is 10.0. The summed E-state index contributed by atoms with van der Waals surface area (Å²) in [6, 6.07) is 5.83. The molecule has 114 valence electrons. The third-order valence-electron chi connectivity index (χ3n) is 3.65. The van der Waals surface area contributed by atoms with E-state index < -0.39 is 0 Å². The molecule has 0 atom stereocenters. The fourth-order valence-corrected chi connectivity index (χ4v) is 2.36. The van der Waals surface area contributed by atoms with Crippen molar-refractivity contribution in [3.05, 3.63) is 35.0 Å². The van der Waals surface area contributed by atoms with Gasteiger partial charge in [0.2, 0.25) is 0 Å². The fraction of sp³-hybridized carbons (Fsp3) is 0.471. The normalized spacial score (nSPS) is 11.3. The molecule has 0 saturated heterocycles. The van der Waals surface area contributed by atoms with E-state index in [-0.39, 0.29) is 12.0 Å². The number of amides is 1. The van der Waals surface area contributed by atoms with Gasteiger partial charge in [-0.15, -0.1) is 0 Å². The molecule has 0 aliphatic carbocycles. The highest BCUT2D eigenvalue weighted by Crippen LogP contribution is 2.24. The van der Waals surface area contributed by atoms with Crippen LogP contribution in [0.25, 0.3) is 10.9 Å². The largest absolute Gasteiger partial charge is 0.379 e. The predicted octanol–water partition coefficient (Wildman–Crippen LogP) is 3.33. The smallest absolute Gasteiger partial charge is 0.253 e. The van der Waals surface area contributed by atoms with Gasteiger partial charge < -0.3 is 15.0 Å². The van der Waals surface area contributed by atoms with Crippen molar-refractivity contribution in [1.82, 2.24) is 10.3 Å². The number of carbonyl (C=O) groups excluding carboxylic acids is 1.